The van der Waals surface area contributed by atoms with Crippen LogP contribution in [0.1, 0.15) is 37.6 Å². The molecule has 0 aliphatic heterocycles. The number of thiophene rings is 1. The summed E-state index contributed by atoms with van der Waals surface area (Å²) in [5.74, 6) is 1.28. The first kappa shape index (κ1) is 16.5. The largest absolute Gasteiger partial charge is 0.354 e. The van der Waals surface area contributed by atoms with Crippen LogP contribution in [0.5, 0.6) is 0 Å². The molecule has 0 saturated carbocycles. The average Bonchev–Trinajstić information content (AvgIpc) is 2.86. The van der Waals surface area contributed by atoms with E-state index in [9.17, 15) is 4.79 Å². The van der Waals surface area contributed by atoms with Gasteiger partial charge in [0.15, 0.2) is 0 Å². The van der Waals surface area contributed by atoms with Gasteiger partial charge < -0.3 is 11.1 Å². The predicted molar refractivity (Wildman–Crippen MR) is 97.4 cm³/mol. The molecule has 0 aromatic carbocycles. The Morgan fingerprint density at radius 1 is 1.43 bits per heavy atom. The van der Waals surface area contributed by atoms with Crippen molar-refractivity contribution >= 4 is 27.5 Å². The first-order chi connectivity index (χ1) is 10.8. The minimum atomic E-state index is 0.0567. The number of aromatic nitrogens is 2. The Morgan fingerprint density at radius 2 is 2.17 bits per heavy atom. The van der Waals surface area contributed by atoms with Crippen molar-refractivity contribution in [2.45, 2.75) is 40.0 Å². The number of rotatable bonds is 3. The molecule has 3 N–H and O–H groups in total. The Labute approximate surface area is 140 Å². The van der Waals surface area contributed by atoms with E-state index in [1.165, 1.54) is 10.4 Å². The highest BCUT2D eigenvalue weighted by Gasteiger charge is 2.31. The van der Waals surface area contributed by atoms with Gasteiger partial charge in [0.1, 0.15) is 4.83 Å². The molecule has 0 radical (unpaired) electrons. The number of hydrogen-bond acceptors (Lipinski definition) is 5. The standard InChI is InChI=1S/C17H26N4OS/c1-17(2,3)10-5-6-11-12(9-10)23-14-13(11)15(22)21(4)16(20-14)19-8-7-18/h10H,5-9,18H2,1-4H3,(H,19,20). The summed E-state index contributed by atoms with van der Waals surface area (Å²) in [6.45, 7) is 8.05. The van der Waals surface area contributed by atoms with Gasteiger partial charge in [0.25, 0.3) is 5.56 Å². The van der Waals surface area contributed by atoms with Crippen molar-refractivity contribution in [3.8, 4) is 0 Å². The lowest BCUT2D eigenvalue weighted by molar-refractivity contribution is 0.218. The van der Waals surface area contributed by atoms with Crippen LogP contribution in [0.25, 0.3) is 10.2 Å². The van der Waals surface area contributed by atoms with Crippen LogP contribution >= 0.6 is 11.3 Å². The SMILES string of the molecule is Cn1c(NCCN)nc2sc3c(c2c1=O)CCC(C(C)(C)C)C3. The summed E-state index contributed by atoms with van der Waals surface area (Å²) in [6.07, 6.45) is 3.21. The van der Waals surface area contributed by atoms with Gasteiger partial charge in [0.2, 0.25) is 5.95 Å². The number of nitrogens with two attached hydrogens (primary N) is 1. The van der Waals surface area contributed by atoms with Crippen molar-refractivity contribution < 1.29 is 0 Å². The van der Waals surface area contributed by atoms with Gasteiger partial charge in [-0.3, -0.25) is 9.36 Å². The molecule has 126 valence electrons. The molecule has 2 aromatic heterocycles. The number of hydrogen-bond donors (Lipinski definition) is 2. The van der Waals surface area contributed by atoms with Crippen LogP contribution < -0.4 is 16.6 Å². The lowest BCUT2D eigenvalue weighted by atomic mass is 9.72. The third-order valence-electron chi connectivity index (χ3n) is 4.94. The molecule has 5 nitrogen and oxygen atoms in total. The van der Waals surface area contributed by atoms with Gasteiger partial charge in [-0.2, -0.15) is 0 Å². The minimum absolute atomic E-state index is 0.0567. The van der Waals surface area contributed by atoms with Crippen LogP contribution in [0, 0.1) is 11.3 Å². The van der Waals surface area contributed by atoms with E-state index >= 15 is 0 Å². The molecule has 1 aliphatic carbocycles. The molecule has 1 atom stereocenters. The molecule has 3 rings (SSSR count). The first-order valence-electron chi connectivity index (χ1n) is 8.28. The van der Waals surface area contributed by atoms with Gasteiger partial charge in [-0.25, -0.2) is 4.98 Å². The van der Waals surface area contributed by atoms with Crippen LogP contribution in [-0.4, -0.2) is 22.6 Å². The van der Waals surface area contributed by atoms with Gasteiger partial charge in [0, 0.05) is 25.0 Å². The van der Waals surface area contributed by atoms with Crippen molar-refractivity contribution in [3.05, 3.63) is 20.8 Å². The summed E-state index contributed by atoms with van der Waals surface area (Å²) in [7, 11) is 1.78. The summed E-state index contributed by atoms with van der Waals surface area (Å²) >= 11 is 1.69. The van der Waals surface area contributed by atoms with Crippen LogP contribution in [-0.2, 0) is 19.9 Å². The maximum absolute atomic E-state index is 12.8. The van der Waals surface area contributed by atoms with E-state index in [1.807, 2.05) is 0 Å². The number of anilines is 1. The summed E-state index contributed by atoms with van der Waals surface area (Å²) in [5.41, 5.74) is 7.14. The van der Waals surface area contributed by atoms with Crippen molar-refractivity contribution in [1.82, 2.24) is 9.55 Å². The van der Waals surface area contributed by atoms with Crippen molar-refractivity contribution in [2.24, 2.45) is 24.1 Å². The second-order valence-electron chi connectivity index (χ2n) is 7.50. The van der Waals surface area contributed by atoms with E-state index in [4.69, 9.17) is 5.73 Å². The molecule has 2 aromatic rings. The van der Waals surface area contributed by atoms with E-state index in [0.717, 1.165) is 29.5 Å². The Kier molecular flexibility index (Phi) is 4.23. The second-order valence-corrected chi connectivity index (χ2v) is 8.59. The van der Waals surface area contributed by atoms with E-state index in [2.05, 4.69) is 31.1 Å². The molecule has 0 spiro atoms. The number of fused-ring (bicyclic) bond motifs is 3. The zero-order valence-corrected chi connectivity index (χ0v) is 15.2. The first-order valence-corrected chi connectivity index (χ1v) is 9.09. The smallest absolute Gasteiger partial charge is 0.263 e. The third-order valence-corrected chi connectivity index (χ3v) is 6.09. The van der Waals surface area contributed by atoms with Gasteiger partial charge in [-0.15, -0.1) is 11.3 Å². The highest BCUT2D eigenvalue weighted by Crippen LogP contribution is 2.42. The Bertz CT molecular complexity index is 784. The molecule has 1 aliphatic rings. The maximum atomic E-state index is 12.8. The highest BCUT2D eigenvalue weighted by atomic mass is 32.1. The van der Waals surface area contributed by atoms with Crippen molar-refractivity contribution in [2.75, 3.05) is 18.4 Å². The molecule has 0 bridgehead atoms. The predicted octanol–water partition coefficient (Wildman–Crippen LogP) is 2.52. The molecule has 1 unspecified atom stereocenters. The zero-order valence-electron chi connectivity index (χ0n) is 14.4. The monoisotopic (exact) mass is 334 g/mol. The summed E-state index contributed by atoms with van der Waals surface area (Å²) in [5, 5.41) is 3.97. The highest BCUT2D eigenvalue weighted by molar-refractivity contribution is 7.18. The minimum Gasteiger partial charge on any atom is -0.354 e. The Morgan fingerprint density at radius 3 is 2.83 bits per heavy atom. The molecular formula is C17H26N4OS. The second kappa shape index (κ2) is 5.91. The van der Waals surface area contributed by atoms with Gasteiger partial charge in [-0.1, -0.05) is 20.8 Å². The fraction of sp³-hybridized carbons (Fsp3) is 0.647. The molecule has 2 heterocycles. The lowest BCUT2D eigenvalue weighted by Crippen LogP contribution is -2.27. The van der Waals surface area contributed by atoms with Crippen molar-refractivity contribution in [1.29, 1.82) is 0 Å². The molecule has 0 fully saturated rings. The van der Waals surface area contributed by atoms with Gasteiger partial charge >= 0.3 is 0 Å². The summed E-state index contributed by atoms with van der Waals surface area (Å²) < 4.78 is 1.61. The summed E-state index contributed by atoms with van der Waals surface area (Å²) in [4.78, 5) is 19.7. The maximum Gasteiger partial charge on any atom is 0.263 e. The van der Waals surface area contributed by atoms with Crippen molar-refractivity contribution in [3.63, 3.8) is 0 Å². The molecule has 6 heteroatoms. The van der Waals surface area contributed by atoms with Gasteiger partial charge in [-0.05, 0) is 36.2 Å². The van der Waals surface area contributed by atoms with E-state index in [-0.39, 0.29) is 5.56 Å². The van der Waals surface area contributed by atoms with Crippen LogP contribution in [0.2, 0.25) is 0 Å². The number of aryl methyl sites for hydroxylation is 1. The zero-order chi connectivity index (χ0) is 16.8. The van der Waals surface area contributed by atoms with Gasteiger partial charge in [0.05, 0.1) is 5.39 Å². The molecule has 0 amide bonds. The fourth-order valence-corrected chi connectivity index (χ4v) is 4.68. The average molecular weight is 334 g/mol. The molecular weight excluding hydrogens is 308 g/mol. The third kappa shape index (κ3) is 2.90. The number of nitrogens with zero attached hydrogens (tertiary/aromatic N) is 2. The quantitative estimate of drug-likeness (QED) is 0.904. The summed E-state index contributed by atoms with van der Waals surface area (Å²) in [6, 6.07) is 0. The normalized spacial score (nSPS) is 18.2. The van der Waals surface area contributed by atoms with Crippen LogP contribution in [0.4, 0.5) is 5.95 Å². The van der Waals surface area contributed by atoms with Crippen LogP contribution in [0.3, 0.4) is 0 Å². The van der Waals surface area contributed by atoms with Crippen LogP contribution in [0.15, 0.2) is 4.79 Å². The Hall–Kier alpha value is -1.40. The van der Waals surface area contributed by atoms with E-state index in [0.29, 0.717) is 30.4 Å². The molecule has 0 saturated heterocycles. The Balaban J connectivity index is 2.07. The molecule has 23 heavy (non-hydrogen) atoms. The van der Waals surface area contributed by atoms with E-state index in [1.54, 1.807) is 23.0 Å². The topological polar surface area (TPSA) is 72.9 Å². The number of nitrogens with one attached hydrogen (secondary N) is 1. The van der Waals surface area contributed by atoms with E-state index < -0.39 is 0 Å². The fourth-order valence-electron chi connectivity index (χ4n) is 3.39. The lowest BCUT2D eigenvalue weighted by Gasteiger charge is -2.33.